The maximum atomic E-state index is 11.4. The van der Waals surface area contributed by atoms with Gasteiger partial charge in [-0.1, -0.05) is 24.3 Å². The zero-order valence-electron chi connectivity index (χ0n) is 12.1. The number of nitrogen functional groups attached to an aromatic ring is 2. The summed E-state index contributed by atoms with van der Waals surface area (Å²) in [5.41, 5.74) is 11.4. The summed E-state index contributed by atoms with van der Waals surface area (Å²) in [4.78, 5) is -0.856. The van der Waals surface area contributed by atoms with Gasteiger partial charge in [-0.25, -0.2) is 0 Å². The molecule has 0 aromatic heterocycles. The molecule has 2 rings (SSSR count). The number of benzene rings is 2. The van der Waals surface area contributed by atoms with E-state index in [-0.39, 0.29) is 52.1 Å². The molecule has 0 aliphatic carbocycles. The van der Waals surface area contributed by atoms with Crippen molar-refractivity contribution in [2.24, 2.45) is 0 Å². The van der Waals surface area contributed by atoms with Crippen molar-refractivity contribution in [3.05, 3.63) is 47.5 Å². The van der Waals surface area contributed by atoms with Crippen LogP contribution in [0.5, 0.6) is 0 Å². The molecule has 2 aromatic rings. The standard InChI is InChI=1S/C14H14N2O6S2.Na.H/c15-11-5-3-9(13(7-11)23(17,18)19)1-2-10-4-6-12(16)8-14(10)24(20,21)22;;/h1-8H,15-16H2,(H,17,18,19)(H,20,21,22);;/b2-1+;;. The Labute approximate surface area is 167 Å². The third-order valence-electron chi connectivity index (χ3n) is 3.07. The molecule has 0 aliphatic heterocycles. The topological polar surface area (TPSA) is 161 Å². The Hall–Kier alpha value is -1.40. The van der Waals surface area contributed by atoms with E-state index >= 15 is 0 Å². The van der Waals surface area contributed by atoms with Gasteiger partial charge in [0.2, 0.25) is 0 Å². The van der Waals surface area contributed by atoms with Gasteiger partial charge in [0.25, 0.3) is 20.2 Å². The summed E-state index contributed by atoms with van der Waals surface area (Å²) in [6.07, 6.45) is 2.53. The zero-order valence-corrected chi connectivity index (χ0v) is 13.8. The van der Waals surface area contributed by atoms with E-state index in [2.05, 4.69) is 0 Å². The third kappa shape index (κ3) is 5.54. The number of rotatable bonds is 4. The molecule has 6 N–H and O–H groups in total. The fourth-order valence-electron chi connectivity index (χ4n) is 2.00. The Bertz CT molecular complexity index is 950. The SMILES string of the molecule is Nc1ccc(/C=C/c2ccc(N)cc2S(=O)(=O)O)c(S(=O)(=O)O)c1.[NaH]. The molecule has 2 aromatic carbocycles. The molecule has 0 saturated carbocycles. The van der Waals surface area contributed by atoms with Crippen LogP contribution in [0.3, 0.4) is 0 Å². The first-order chi connectivity index (χ1) is 11.0. The molecule has 25 heavy (non-hydrogen) atoms. The summed E-state index contributed by atoms with van der Waals surface area (Å²) >= 11 is 0. The fourth-order valence-corrected chi connectivity index (χ4v) is 3.44. The van der Waals surface area contributed by atoms with E-state index < -0.39 is 30.0 Å². The summed E-state index contributed by atoms with van der Waals surface area (Å²) in [7, 11) is -9.05. The zero-order chi connectivity index (χ0) is 18.1. The van der Waals surface area contributed by atoms with Crippen molar-refractivity contribution in [2.45, 2.75) is 9.79 Å². The summed E-state index contributed by atoms with van der Waals surface area (Å²) in [6, 6.07) is 7.67. The second-order valence-corrected chi connectivity index (χ2v) is 7.66. The van der Waals surface area contributed by atoms with Gasteiger partial charge in [-0.05, 0) is 35.4 Å². The summed E-state index contributed by atoms with van der Waals surface area (Å²) in [5, 5.41) is 0. The Kier molecular flexibility index (Phi) is 6.81. The van der Waals surface area contributed by atoms with Crippen LogP contribution in [0.2, 0.25) is 0 Å². The molecular formula is C14H15N2NaO6S2. The van der Waals surface area contributed by atoms with Crippen molar-refractivity contribution in [3.8, 4) is 0 Å². The van der Waals surface area contributed by atoms with Gasteiger partial charge in [-0.15, -0.1) is 0 Å². The second kappa shape index (κ2) is 7.87. The quantitative estimate of drug-likeness (QED) is 0.257. The molecule has 0 bridgehead atoms. The molecule has 0 saturated heterocycles. The Morgan fingerprint density at radius 3 is 1.32 bits per heavy atom. The van der Waals surface area contributed by atoms with Crippen LogP contribution in [-0.4, -0.2) is 55.5 Å². The van der Waals surface area contributed by atoms with Gasteiger partial charge >= 0.3 is 29.6 Å². The number of nitrogens with two attached hydrogens (primary N) is 2. The number of hydrogen-bond donors (Lipinski definition) is 4. The van der Waals surface area contributed by atoms with Crippen LogP contribution in [0.15, 0.2) is 46.2 Å². The molecule has 11 heteroatoms. The predicted octanol–water partition coefficient (Wildman–Crippen LogP) is 0.866. The molecule has 0 aliphatic rings. The van der Waals surface area contributed by atoms with Gasteiger partial charge in [-0.2, -0.15) is 16.8 Å². The molecule has 0 fully saturated rings. The predicted molar refractivity (Wildman–Crippen MR) is 97.4 cm³/mol. The van der Waals surface area contributed by atoms with E-state index in [1.165, 1.54) is 36.4 Å². The Morgan fingerprint density at radius 2 is 1.04 bits per heavy atom. The summed E-state index contributed by atoms with van der Waals surface area (Å²) in [6.45, 7) is 0. The summed E-state index contributed by atoms with van der Waals surface area (Å²) < 4.78 is 64.1. The van der Waals surface area contributed by atoms with Crippen molar-refractivity contribution in [3.63, 3.8) is 0 Å². The van der Waals surface area contributed by atoms with Crippen LogP contribution >= 0.6 is 0 Å². The van der Waals surface area contributed by atoms with Crippen LogP contribution in [0.25, 0.3) is 12.2 Å². The number of hydrogen-bond acceptors (Lipinski definition) is 6. The van der Waals surface area contributed by atoms with Crippen molar-refractivity contribution >= 4 is 73.3 Å². The molecular weight excluding hydrogens is 379 g/mol. The Morgan fingerprint density at radius 1 is 0.720 bits per heavy atom. The van der Waals surface area contributed by atoms with Gasteiger partial charge < -0.3 is 11.5 Å². The van der Waals surface area contributed by atoms with Crippen LogP contribution < -0.4 is 11.5 Å². The van der Waals surface area contributed by atoms with E-state index in [9.17, 15) is 25.9 Å². The first-order valence-electron chi connectivity index (χ1n) is 6.40. The molecule has 0 heterocycles. The van der Waals surface area contributed by atoms with E-state index in [1.54, 1.807) is 0 Å². The third-order valence-corrected chi connectivity index (χ3v) is 4.89. The van der Waals surface area contributed by atoms with E-state index in [0.29, 0.717) is 0 Å². The summed E-state index contributed by atoms with van der Waals surface area (Å²) in [5.74, 6) is 0. The molecule has 130 valence electrons. The molecule has 0 radical (unpaired) electrons. The van der Waals surface area contributed by atoms with Gasteiger partial charge in [0.15, 0.2) is 0 Å². The van der Waals surface area contributed by atoms with Crippen LogP contribution in [0.4, 0.5) is 11.4 Å². The van der Waals surface area contributed by atoms with E-state index in [4.69, 9.17) is 11.5 Å². The molecule has 8 nitrogen and oxygen atoms in total. The van der Waals surface area contributed by atoms with Crippen LogP contribution in [-0.2, 0) is 20.2 Å². The average Bonchev–Trinajstić information content (AvgIpc) is 2.45. The fraction of sp³-hybridized carbons (Fsp3) is 0. The van der Waals surface area contributed by atoms with Crippen molar-refractivity contribution < 1.29 is 25.9 Å². The number of anilines is 2. The van der Waals surface area contributed by atoms with Crippen molar-refractivity contribution in [1.82, 2.24) is 0 Å². The van der Waals surface area contributed by atoms with Gasteiger partial charge in [-0.3, -0.25) is 9.11 Å². The minimum absolute atomic E-state index is 0. The van der Waals surface area contributed by atoms with Crippen molar-refractivity contribution in [2.75, 3.05) is 11.5 Å². The monoisotopic (exact) mass is 394 g/mol. The molecule has 0 amide bonds. The van der Waals surface area contributed by atoms with Crippen molar-refractivity contribution in [1.29, 1.82) is 0 Å². The first-order valence-corrected chi connectivity index (χ1v) is 9.28. The molecule has 0 atom stereocenters. The average molecular weight is 394 g/mol. The first kappa shape index (κ1) is 21.6. The van der Waals surface area contributed by atoms with Crippen LogP contribution in [0, 0.1) is 0 Å². The molecule has 0 unspecified atom stereocenters. The Balaban J connectivity index is 0.00000312. The molecule has 0 spiro atoms. The van der Waals surface area contributed by atoms with E-state index in [0.717, 1.165) is 12.1 Å². The van der Waals surface area contributed by atoms with Gasteiger partial charge in [0, 0.05) is 11.4 Å². The van der Waals surface area contributed by atoms with Gasteiger partial charge in [0.1, 0.15) is 9.79 Å². The maximum absolute atomic E-state index is 11.4. The second-order valence-electron chi connectivity index (χ2n) is 4.88. The normalized spacial score (nSPS) is 12.1. The van der Waals surface area contributed by atoms with E-state index in [1.807, 2.05) is 0 Å². The van der Waals surface area contributed by atoms with Gasteiger partial charge in [0.05, 0.1) is 0 Å². The minimum atomic E-state index is -4.52. The van der Waals surface area contributed by atoms with Crippen LogP contribution in [0.1, 0.15) is 11.1 Å².